The maximum absolute atomic E-state index is 13.0. The molecule has 5 rings (SSSR count). The van der Waals surface area contributed by atoms with Gasteiger partial charge in [-0.2, -0.15) is 0 Å². The second-order valence-electron chi connectivity index (χ2n) is 7.88. The summed E-state index contributed by atoms with van der Waals surface area (Å²) >= 11 is 1.74. The number of carbonyl (C=O) groups excluding carboxylic acids is 3. The van der Waals surface area contributed by atoms with E-state index in [1.54, 1.807) is 29.5 Å². The van der Waals surface area contributed by atoms with Crippen LogP contribution in [0.5, 0.6) is 0 Å². The number of hydrogen-bond acceptors (Lipinski definition) is 4. The summed E-state index contributed by atoms with van der Waals surface area (Å²) in [6.45, 7) is 1.29. The Kier molecular flexibility index (Phi) is 4.31. The van der Waals surface area contributed by atoms with E-state index < -0.39 is 0 Å². The maximum Gasteiger partial charge on any atom is 0.261 e. The molecule has 0 bridgehead atoms. The first kappa shape index (κ1) is 17.6. The Morgan fingerprint density at radius 3 is 2.61 bits per heavy atom. The number of rotatable bonds is 2. The third-order valence-electron chi connectivity index (χ3n) is 6.20. The van der Waals surface area contributed by atoms with Crippen molar-refractivity contribution in [2.24, 2.45) is 0 Å². The van der Waals surface area contributed by atoms with Crippen LogP contribution >= 0.6 is 11.3 Å². The highest BCUT2D eigenvalue weighted by molar-refractivity contribution is 7.10. The van der Waals surface area contributed by atoms with E-state index in [4.69, 9.17) is 0 Å². The summed E-state index contributed by atoms with van der Waals surface area (Å²) in [5.41, 5.74) is 2.52. The van der Waals surface area contributed by atoms with Gasteiger partial charge in [-0.25, -0.2) is 0 Å². The zero-order valence-electron chi connectivity index (χ0n) is 15.6. The number of thiophene rings is 1. The molecule has 3 heterocycles. The molecule has 3 aliphatic rings. The summed E-state index contributed by atoms with van der Waals surface area (Å²) in [5.74, 6) is -0.511. The SMILES string of the molecule is O=C(c1ccc2c(c1)C(=O)N(C1CCCCC1)C2=O)N1CCc2sccc2C1. The predicted octanol–water partition coefficient (Wildman–Crippen LogP) is 3.88. The van der Waals surface area contributed by atoms with Crippen LogP contribution in [0.1, 0.15) is 73.6 Å². The first-order chi connectivity index (χ1) is 13.6. The van der Waals surface area contributed by atoms with Crippen LogP contribution < -0.4 is 0 Å². The number of hydrogen-bond donors (Lipinski definition) is 0. The van der Waals surface area contributed by atoms with Crippen LogP contribution in [0.2, 0.25) is 0 Å². The summed E-state index contributed by atoms with van der Waals surface area (Å²) in [7, 11) is 0. The molecule has 144 valence electrons. The number of nitrogens with zero attached hydrogens (tertiary/aromatic N) is 2. The first-order valence-electron chi connectivity index (χ1n) is 10.00. The van der Waals surface area contributed by atoms with Crippen LogP contribution in [0.15, 0.2) is 29.6 Å². The van der Waals surface area contributed by atoms with E-state index in [0.29, 0.717) is 29.8 Å². The first-order valence-corrected chi connectivity index (χ1v) is 10.9. The molecule has 1 aromatic carbocycles. The van der Waals surface area contributed by atoms with Crippen molar-refractivity contribution in [2.45, 2.75) is 51.1 Å². The minimum absolute atomic E-state index is 0.000548. The number of fused-ring (bicyclic) bond motifs is 2. The van der Waals surface area contributed by atoms with Gasteiger partial charge in [0.1, 0.15) is 0 Å². The average molecular weight is 394 g/mol. The van der Waals surface area contributed by atoms with Crippen molar-refractivity contribution < 1.29 is 14.4 Å². The summed E-state index contributed by atoms with van der Waals surface area (Å²) in [6, 6.07) is 7.06. The zero-order valence-corrected chi connectivity index (χ0v) is 16.5. The molecule has 0 unspecified atom stereocenters. The molecule has 1 aliphatic carbocycles. The molecular weight excluding hydrogens is 372 g/mol. The van der Waals surface area contributed by atoms with Gasteiger partial charge in [-0.05, 0) is 54.5 Å². The van der Waals surface area contributed by atoms with Crippen LogP contribution in [0.3, 0.4) is 0 Å². The van der Waals surface area contributed by atoms with Crippen LogP contribution in [0.4, 0.5) is 0 Å². The van der Waals surface area contributed by atoms with Crippen molar-refractivity contribution in [1.82, 2.24) is 9.80 Å². The predicted molar refractivity (Wildman–Crippen MR) is 107 cm³/mol. The van der Waals surface area contributed by atoms with Crippen molar-refractivity contribution in [3.05, 3.63) is 56.8 Å². The van der Waals surface area contributed by atoms with Gasteiger partial charge in [-0.3, -0.25) is 19.3 Å². The van der Waals surface area contributed by atoms with E-state index >= 15 is 0 Å². The quantitative estimate of drug-likeness (QED) is 0.727. The summed E-state index contributed by atoms with van der Waals surface area (Å²) < 4.78 is 0. The Labute approximate surface area is 167 Å². The lowest BCUT2D eigenvalue weighted by Crippen LogP contribution is -2.40. The number of imide groups is 1. The van der Waals surface area contributed by atoms with Gasteiger partial charge in [-0.15, -0.1) is 11.3 Å². The normalized spacial score (nSPS) is 19.7. The number of carbonyl (C=O) groups is 3. The fourth-order valence-corrected chi connectivity index (χ4v) is 5.56. The zero-order chi connectivity index (χ0) is 19.3. The molecule has 28 heavy (non-hydrogen) atoms. The fraction of sp³-hybridized carbons (Fsp3) is 0.409. The Morgan fingerprint density at radius 2 is 1.79 bits per heavy atom. The molecule has 0 atom stereocenters. The van der Waals surface area contributed by atoms with Gasteiger partial charge >= 0.3 is 0 Å². The Bertz CT molecular complexity index is 974. The highest BCUT2D eigenvalue weighted by Gasteiger charge is 2.40. The molecule has 5 nitrogen and oxygen atoms in total. The van der Waals surface area contributed by atoms with Crippen molar-refractivity contribution in [2.75, 3.05) is 6.54 Å². The second kappa shape index (κ2) is 6.85. The highest BCUT2D eigenvalue weighted by atomic mass is 32.1. The Balaban J connectivity index is 1.40. The monoisotopic (exact) mass is 394 g/mol. The lowest BCUT2D eigenvalue weighted by Gasteiger charge is -2.29. The lowest BCUT2D eigenvalue weighted by atomic mass is 9.94. The standard InChI is InChI=1S/C22H22N2O3S/c25-20(23-10-8-19-15(13-23)9-11-28-19)14-6-7-17-18(12-14)22(27)24(21(17)26)16-4-2-1-3-5-16/h6-7,9,11-12,16H,1-5,8,10,13H2. The molecule has 0 spiro atoms. The van der Waals surface area contributed by atoms with Gasteiger partial charge in [0.05, 0.1) is 11.1 Å². The molecule has 0 saturated heterocycles. The number of benzene rings is 1. The van der Waals surface area contributed by atoms with Gasteiger partial charge in [0, 0.05) is 29.6 Å². The summed E-state index contributed by atoms with van der Waals surface area (Å²) in [5, 5.41) is 2.07. The molecule has 2 aliphatic heterocycles. The van der Waals surface area contributed by atoms with Crippen LogP contribution in [-0.2, 0) is 13.0 Å². The smallest absolute Gasteiger partial charge is 0.261 e. The fourth-order valence-electron chi connectivity index (χ4n) is 4.67. The van der Waals surface area contributed by atoms with Crippen molar-refractivity contribution in [3.63, 3.8) is 0 Å². The van der Waals surface area contributed by atoms with E-state index in [-0.39, 0.29) is 23.8 Å². The molecular formula is C22H22N2O3S. The molecule has 1 fully saturated rings. The van der Waals surface area contributed by atoms with Crippen molar-refractivity contribution >= 4 is 29.1 Å². The van der Waals surface area contributed by atoms with Gasteiger partial charge in [-0.1, -0.05) is 19.3 Å². The lowest BCUT2D eigenvalue weighted by molar-refractivity contribution is 0.0548. The van der Waals surface area contributed by atoms with Crippen LogP contribution in [0, 0.1) is 0 Å². The van der Waals surface area contributed by atoms with Crippen molar-refractivity contribution in [1.29, 1.82) is 0 Å². The molecule has 6 heteroatoms. The number of amides is 3. The largest absolute Gasteiger partial charge is 0.334 e. The third-order valence-corrected chi connectivity index (χ3v) is 7.22. The van der Waals surface area contributed by atoms with E-state index in [2.05, 4.69) is 11.4 Å². The maximum atomic E-state index is 13.0. The van der Waals surface area contributed by atoms with E-state index in [1.165, 1.54) is 21.8 Å². The van der Waals surface area contributed by atoms with E-state index in [9.17, 15) is 14.4 Å². The van der Waals surface area contributed by atoms with Crippen molar-refractivity contribution in [3.8, 4) is 0 Å². The van der Waals surface area contributed by atoms with Crippen LogP contribution in [-0.4, -0.2) is 40.1 Å². The molecule has 1 saturated carbocycles. The minimum Gasteiger partial charge on any atom is -0.334 e. The van der Waals surface area contributed by atoms with Gasteiger partial charge < -0.3 is 4.90 Å². The molecule has 0 radical (unpaired) electrons. The average Bonchev–Trinajstić information content (AvgIpc) is 3.30. The summed E-state index contributed by atoms with van der Waals surface area (Å²) in [4.78, 5) is 43.4. The van der Waals surface area contributed by atoms with Gasteiger partial charge in [0.15, 0.2) is 0 Å². The van der Waals surface area contributed by atoms with E-state index in [1.807, 2.05) is 4.90 Å². The topological polar surface area (TPSA) is 57.7 Å². The second-order valence-corrected chi connectivity index (χ2v) is 8.88. The highest BCUT2D eigenvalue weighted by Crippen LogP contribution is 2.32. The van der Waals surface area contributed by atoms with Gasteiger partial charge in [0.25, 0.3) is 17.7 Å². The Hall–Kier alpha value is -2.47. The molecule has 3 amide bonds. The molecule has 0 N–H and O–H groups in total. The van der Waals surface area contributed by atoms with Gasteiger partial charge in [0.2, 0.25) is 0 Å². The van der Waals surface area contributed by atoms with E-state index in [0.717, 1.165) is 32.1 Å². The Morgan fingerprint density at radius 1 is 1.00 bits per heavy atom. The molecule has 2 aromatic rings. The molecule has 1 aromatic heterocycles. The summed E-state index contributed by atoms with van der Waals surface area (Å²) in [6.07, 6.45) is 5.92. The van der Waals surface area contributed by atoms with Crippen LogP contribution in [0.25, 0.3) is 0 Å². The minimum atomic E-state index is -0.236. The third kappa shape index (κ3) is 2.78.